The second-order valence-electron chi connectivity index (χ2n) is 4.20. The largest absolute Gasteiger partial charge is 0.480 e. The Hall–Kier alpha value is -1.56. The maximum absolute atomic E-state index is 6.08. The number of hydrogen-bond donors (Lipinski definition) is 1. The first kappa shape index (κ1) is 15.8. The van der Waals surface area contributed by atoms with E-state index in [0.29, 0.717) is 27.5 Å². The molecule has 2 rings (SSSR count). The Morgan fingerprint density at radius 1 is 1.14 bits per heavy atom. The quantitative estimate of drug-likeness (QED) is 0.914. The number of halogens is 2. The average Bonchev–Trinajstić information content (AvgIpc) is 2.51. The van der Waals surface area contributed by atoms with Crippen molar-refractivity contribution in [3.63, 3.8) is 0 Å². The van der Waals surface area contributed by atoms with E-state index in [1.165, 1.54) is 14.2 Å². The van der Waals surface area contributed by atoms with Gasteiger partial charge in [-0.25, -0.2) is 4.98 Å². The molecule has 1 atom stereocenters. The minimum absolute atomic E-state index is 0.229. The van der Waals surface area contributed by atoms with Gasteiger partial charge in [-0.05, 0) is 24.7 Å². The second-order valence-corrected chi connectivity index (χ2v) is 5.02. The van der Waals surface area contributed by atoms with Gasteiger partial charge in [0.2, 0.25) is 11.8 Å². The molecule has 0 saturated heterocycles. The summed E-state index contributed by atoms with van der Waals surface area (Å²) in [5.41, 5.74) is 1.55. The lowest BCUT2D eigenvalue weighted by Gasteiger charge is -2.18. The molecule has 0 aliphatic rings. The predicted molar refractivity (Wildman–Crippen MR) is 82.5 cm³/mol. The highest BCUT2D eigenvalue weighted by Crippen LogP contribution is 2.31. The van der Waals surface area contributed by atoms with E-state index in [1.54, 1.807) is 18.3 Å². The number of methoxy groups -OCH3 is 2. The highest BCUT2D eigenvalue weighted by atomic mass is 35.5. The van der Waals surface area contributed by atoms with Crippen LogP contribution in [0.4, 0.5) is 0 Å². The smallest absolute Gasteiger partial charge is 0.240 e. The zero-order valence-electron chi connectivity index (χ0n) is 11.9. The Balaban J connectivity index is 2.47. The van der Waals surface area contributed by atoms with Crippen LogP contribution in [0.2, 0.25) is 10.0 Å². The van der Waals surface area contributed by atoms with Crippen LogP contribution in [-0.2, 0) is 0 Å². The van der Waals surface area contributed by atoms with E-state index in [2.05, 4.69) is 15.3 Å². The minimum atomic E-state index is -0.229. The fraction of sp³-hybridized carbons (Fsp3) is 0.286. The Morgan fingerprint density at radius 3 is 2.48 bits per heavy atom. The summed E-state index contributed by atoms with van der Waals surface area (Å²) in [5, 5.41) is 4.15. The molecule has 1 N–H and O–H groups in total. The van der Waals surface area contributed by atoms with Gasteiger partial charge >= 0.3 is 0 Å². The zero-order valence-corrected chi connectivity index (χ0v) is 13.4. The van der Waals surface area contributed by atoms with Crippen molar-refractivity contribution in [2.75, 3.05) is 21.3 Å². The summed E-state index contributed by atoms with van der Waals surface area (Å²) < 4.78 is 10.3. The van der Waals surface area contributed by atoms with Crippen molar-refractivity contribution in [3.8, 4) is 11.8 Å². The standard InChI is InChI=1S/C14H15Cl2N3O2/c1-17-12(8-4-5-9(15)10(16)6-8)13-14(21-3)19-11(20-2)7-18-13/h4-7,12,17H,1-3H3. The number of aromatic nitrogens is 2. The lowest BCUT2D eigenvalue weighted by atomic mass is 10.0. The van der Waals surface area contributed by atoms with Crippen molar-refractivity contribution < 1.29 is 9.47 Å². The molecule has 0 amide bonds. The number of benzene rings is 1. The molecular formula is C14H15Cl2N3O2. The summed E-state index contributed by atoms with van der Waals surface area (Å²) >= 11 is 12.0. The zero-order chi connectivity index (χ0) is 15.4. The Kier molecular flexibility index (Phi) is 5.22. The number of nitrogens with zero attached hydrogens (tertiary/aromatic N) is 2. The number of ether oxygens (including phenoxy) is 2. The van der Waals surface area contributed by atoms with Crippen LogP contribution in [0.5, 0.6) is 11.8 Å². The van der Waals surface area contributed by atoms with Gasteiger partial charge in [0.15, 0.2) is 0 Å². The third kappa shape index (κ3) is 3.37. The third-order valence-corrected chi connectivity index (χ3v) is 3.73. The van der Waals surface area contributed by atoms with Crippen LogP contribution in [0.15, 0.2) is 24.4 Å². The van der Waals surface area contributed by atoms with Gasteiger partial charge in [-0.3, -0.25) is 0 Å². The molecule has 0 aliphatic carbocycles. The summed E-state index contributed by atoms with van der Waals surface area (Å²) in [7, 11) is 4.88. The van der Waals surface area contributed by atoms with Crippen molar-refractivity contribution >= 4 is 23.2 Å². The topological polar surface area (TPSA) is 56.3 Å². The van der Waals surface area contributed by atoms with Crippen LogP contribution in [0.25, 0.3) is 0 Å². The van der Waals surface area contributed by atoms with E-state index in [1.807, 2.05) is 13.1 Å². The second kappa shape index (κ2) is 6.93. The van der Waals surface area contributed by atoms with Crippen LogP contribution in [0.1, 0.15) is 17.3 Å². The fourth-order valence-electron chi connectivity index (χ4n) is 1.97. The van der Waals surface area contributed by atoms with E-state index in [4.69, 9.17) is 32.7 Å². The summed E-state index contributed by atoms with van der Waals surface area (Å²) in [6, 6.07) is 5.18. The molecule has 0 bridgehead atoms. The summed E-state index contributed by atoms with van der Waals surface area (Å²) in [6.45, 7) is 0. The predicted octanol–water partition coefficient (Wildman–Crippen LogP) is 3.11. The molecule has 0 saturated carbocycles. The van der Waals surface area contributed by atoms with Gasteiger partial charge in [-0.15, -0.1) is 0 Å². The SMILES string of the molecule is CNC(c1ccc(Cl)c(Cl)c1)c1ncc(OC)nc1OC. The van der Waals surface area contributed by atoms with E-state index in [-0.39, 0.29) is 6.04 Å². The molecule has 0 radical (unpaired) electrons. The van der Waals surface area contributed by atoms with Crippen LogP contribution in [0, 0.1) is 0 Å². The molecule has 1 heterocycles. The average molecular weight is 328 g/mol. The van der Waals surface area contributed by atoms with Crippen molar-refractivity contribution in [2.45, 2.75) is 6.04 Å². The number of rotatable bonds is 5. The van der Waals surface area contributed by atoms with E-state index in [9.17, 15) is 0 Å². The Labute approximate surface area is 133 Å². The Bertz CT molecular complexity index is 638. The molecule has 1 aromatic heterocycles. The molecular weight excluding hydrogens is 313 g/mol. The summed E-state index contributed by atoms with van der Waals surface area (Å²) in [5.74, 6) is 0.777. The van der Waals surface area contributed by atoms with Crippen molar-refractivity contribution in [3.05, 3.63) is 45.7 Å². The fourth-order valence-corrected chi connectivity index (χ4v) is 2.27. The molecule has 0 aliphatic heterocycles. The molecule has 112 valence electrons. The summed E-state index contributed by atoms with van der Waals surface area (Å²) in [6.07, 6.45) is 1.54. The van der Waals surface area contributed by atoms with E-state index in [0.717, 1.165) is 5.56 Å². The van der Waals surface area contributed by atoms with Crippen LogP contribution >= 0.6 is 23.2 Å². The van der Waals surface area contributed by atoms with Gasteiger partial charge in [0.25, 0.3) is 0 Å². The number of nitrogens with one attached hydrogen (secondary N) is 1. The molecule has 0 spiro atoms. The molecule has 0 fully saturated rings. The molecule has 1 aromatic carbocycles. The first-order valence-corrected chi connectivity index (χ1v) is 6.93. The maximum atomic E-state index is 6.08. The van der Waals surface area contributed by atoms with Crippen LogP contribution < -0.4 is 14.8 Å². The Morgan fingerprint density at radius 2 is 1.90 bits per heavy atom. The lowest BCUT2D eigenvalue weighted by Crippen LogP contribution is -2.20. The minimum Gasteiger partial charge on any atom is -0.480 e. The number of hydrogen-bond acceptors (Lipinski definition) is 5. The molecule has 5 nitrogen and oxygen atoms in total. The summed E-state index contributed by atoms with van der Waals surface area (Å²) in [4.78, 5) is 8.61. The van der Waals surface area contributed by atoms with Gasteiger partial charge in [-0.2, -0.15) is 4.98 Å². The van der Waals surface area contributed by atoms with Gasteiger partial charge in [0.05, 0.1) is 36.5 Å². The lowest BCUT2D eigenvalue weighted by molar-refractivity contribution is 0.353. The van der Waals surface area contributed by atoms with Gasteiger partial charge in [0.1, 0.15) is 5.69 Å². The molecule has 1 unspecified atom stereocenters. The van der Waals surface area contributed by atoms with Crippen molar-refractivity contribution in [2.24, 2.45) is 0 Å². The van der Waals surface area contributed by atoms with E-state index >= 15 is 0 Å². The normalized spacial score (nSPS) is 12.0. The molecule has 21 heavy (non-hydrogen) atoms. The van der Waals surface area contributed by atoms with Gasteiger partial charge < -0.3 is 14.8 Å². The van der Waals surface area contributed by atoms with Crippen LogP contribution in [0.3, 0.4) is 0 Å². The maximum Gasteiger partial charge on any atom is 0.240 e. The highest BCUT2D eigenvalue weighted by Gasteiger charge is 2.21. The van der Waals surface area contributed by atoms with Crippen molar-refractivity contribution in [1.82, 2.24) is 15.3 Å². The van der Waals surface area contributed by atoms with E-state index < -0.39 is 0 Å². The van der Waals surface area contributed by atoms with Crippen molar-refractivity contribution in [1.29, 1.82) is 0 Å². The first-order chi connectivity index (χ1) is 10.1. The monoisotopic (exact) mass is 327 g/mol. The third-order valence-electron chi connectivity index (χ3n) is 2.99. The first-order valence-electron chi connectivity index (χ1n) is 6.17. The molecule has 2 aromatic rings. The van der Waals surface area contributed by atoms with Crippen LogP contribution in [-0.4, -0.2) is 31.2 Å². The van der Waals surface area contributed by atoms with Gasteiger partial charge in [0, 0.05) is 0 Å². The molecule has 7 heteroatoms. The highest BCUT2D eigenvalue weighted by molar-refractivity contribution is 6.42. The van der Waals surface area contributed by atoms with Gasteiger partial charge in [-0.1, -0.05) is 29.3 Å².